The third kappa shape index (κ3) is 10.2. The lowest BCUT2D eigenvalue weighted by molar-refractivity contribution is -0.0328. The van der Waals surface area contributed by atoms with E-state index in [1.54, 1.807) is 0 Å². The molecule has 0 heterocycles. The van der Waals surface area contributed by atoms with Crippen LogP contribution in [-0.2, 0) is 0 Å². The SMILES string of the molecule is CC(C)CC(N)CCCSC(F)(F)F. The van der Waals surface area contributed by atoms with Crippen LogP contribution in [0.15, 0.2) is 0 Å². The van der Waals surface area contributed by atoms with Gasteiger partial charge in [-0.3, -0.25) is 0 Å². The van der Waals surface area contributed by atoms with Gasteiger partial charge in [0.1, 0.15) is 0 Å². The second-order valence-electron chi connectivity index (χ2n) is 3.83. The Kier molecular flexibility index (Phi) is 6.61. The number of hydrogen-bond donors (Lipinski definition) is 1. The summed E-state index contributed by atoms with van der Waals surface area (Å²) in [6.45, 7) is 4.12. The van der Waals surface area contributed by atoms with Crippen LogP contribution in [0.4, 0.5) is 13.2 Å². The van der Waals surface area contributed by atoms with E-state index in [-0.39, 0.29) is 23.6 Å². The topological polar surface area (TPSA) is 26.0 Å². The maximum Gasteiger partial charge on any atom is 0.441 e. The van der Waals surface area contributed by atoms with Crippen molar-refractivity contribution in [3.8, 4) is 0 Å². The lowest BCUT2D eigenvalue weighted by atomic mass is 10.0. The van der Waals surface area contributed by atoms with Gasteiger partial charge < -0.3 is 5.73 Å². The molecular formula is C9H18F3NS. The molecule has 0 rings (SSSR count). The Morgan fingerprint density at radius 3 is 2.29 bits per heavy atom. The Balaban J connectivity index is 3.36. The van der Waals surface area contributed by atoms with Crippen LogP contribution in [0.2, 0.25) is 0 Å². The van der Waals surface area contributed by atoms with Crippen molar-refractivity contribution in [2.45, 2.75) is 44.7 Å². The molecule has 0 aliphatic rings. The minimum atomic E-state index is -4.10. The summed E-state index contributed by atoms with van der Waals surface area (Å²) >= 11 is 0.0389. The van der Waals surface area contributed by atoms with Gasteiger partial charge in [0.25, 0.3) is 0 Å². The van der Waals surface area contributed by atoms with E-state index in [1.165, 1.54) is 0 Å². The zero-order chi connectivity index (χ0) is 11.2. The average Bonchev–Trinajstić information content (AvgIpc) is 1.95. The van der Waals surface area contributed by atoms with Crippen molar-refractivity contribution in [2.75, 3.05) is 5.75 Å². The highest BCUT2D eigenvalue weighted by Crippen LogP contribution is 2.30. The monoisotopic (exact) mass is 229 g/mol. The predicted octanol–water partition coefficient (Wildman–Crippen LogP) is 3.39. The standard InChI is InChI=1S/C9H18F3NS/c1-7(2)6-8(13)4-3-5-14-9(10,11)12/h7-8H,3-6,13H2,1-2H3. The molecule has 0 saturated heterocycles. The van der Waals surface area contributed by atoms with Crippen LogP contribution in [-0.4, -0.2) is 17.3 Å². The lowest BCUT2D eigenvalue weighted by Gasteiger charge is -2.13. The third-order valence-corrected chi connectivity index (χ3v) is 2.58. The minimum Gasteiger partial charge on any atom is -0.328 e. The Hall–Kier alpha value is 0.100. The van der Waals surface area contributed by atoms with E-state index in [1.807, 2.05) is 0 Å². The second-order valence-corrected chi connectivity index (χ2v) is 4.99. The highest BCUT2D eigenvalue weighted by molar-refractivity contribution is 8.00. The summed E-state index contributed by atoms with van der Waals surface area (Å²) in [5.41, 5.74) is 1.64. The number of thioether (sulfide) groups is 1. The molecule has 1 atom stereocenters. The van der Waals surface area contributed by atoms with E-state index in [9.17, 15) is 13.2 Å². The Morgan fingerprint density at radius 1 is 1.29 bits per heavy atom. The van der Waals surface area contributed by atoms with Gasteiger partial charge in [-0.2, -0.15) is 13.2 Å². The number of hydrogen-bond acceptors (Lipinski definition) is 2. The first kappa shape index (κ1) is 14.1. The first-order valence-electron chi connectivity index (χ1n) is 4.77. The van der Waals surface area contributed by atoms with Gasteiger partial charge in [-0.05, 0) is 25.2 Å². The van der Waals surface area contributed by atoms with Crippen LogP contribution in [0.25, 0.3) is 0 Å². The molecular weight excluding hydrogens is 211 g/mol. The average molecular weight is 229 g/mol. The van der Waals surface area contributed by atoms with E-state index in [0.29, 0.717) is 18.8 Å². The van der Waals surface area contributed by atoms with E-state index >= 15 is 0 Å². The normalized spacial score (nSPS) is 14.8. The summed E-state index contributed by atoms with van der Waals surface area (Å²) < 4.78 is 35.2. The molecule has 0 bridgehead atoms. The number of nitrogens with two attached hydrogens (primary N) is 1. The summed E-state index contributed by atoms with van der Waals surface area (Å²) in [5.74, 6) is 0.634. The molecule has 0 radical (unpaired) electrons. The van der Waals surface area contributed by atoms with Gasteiger partial charge in [-0.1, -0.05) is 25.6 Å². The molecule has 86 valence electrons. The molecule has 0 amide bonds. The summed E-state index contributed by atoms with van der Waals surface area (Å²) in [7, 11) is 0. The summed E-state index contributed by atoms with van der Waals surface area (Å²) in [5, 5.41) is 0. The van der Waals surface area contributed by atoms with Crippen LogP contribution in [0.5, 0.6) is 0 Å². The smallest absolute Gasteiger partial charge is 0.328 e. The van der Waals surface area contributed by atoms with Crippen LogP contribution in [0.3, 0.4) is 0 Å². The lowest BCUT2D eigenvalue weighted by Crippen LogP contribution is -2.22. The fourth-order valence-corrected chi connectivity index (χ4v) is 1.80. The highest BCUT2D eigenvalue weighted by atomic mass is 32.2. The molecule has 0 aromatic carbocycles. The molecule has 5 heteroatoms. The van der Waals surface area contributed by atoms with Gasteiger partial charge in [-0.25, -0.2) is 0 Å². The second kappa shape index (κ2) is 6.56. The van der Waals surface area contributed by atoms with Crippen molar-refractivity contribution in [3.05, 3.63) is 0 Å². The maximum atomic E-state index is 11.7. The molecule has 1 nitrogen and oxygen atoms in total. The van der Waals surface area contributed by atoms with Gasteiger partial charge in [-0.15, -0.1) is 0 Å². The van der Waals surface area contributed by atoms with Gasteiger partial charge in [0, 0.05) is 11.8 Å². The van der Waals surface area contributed by atoms with Gasteiger partial charge in [0.05, 0.1) is 0 Å². The molecule has 0 aliphatic carbocycles. The fourth-order valence-electron chi connectivity index (χ4n) is 1.26. The predicted molar refractivity (Wildman–Crippen MR) is 55.2 cm³/mol. The zero-order valence-electron chi connectivity index (χ0n) is 8.60. The molecule has 0 aromatic heterocycles. The summed E-state index contributed by atoms with van der Waals surface area (Å²) in [4.78, 5) is 0. The number of rotatable bonds is 6. The quantitative estimate of drug-likeness (QED) is 0.706. The summed E-state index contributed by atoms with van der Waals surface area (Å²) in [6, 6.07) is 0.0452. The first-order chi connectivity index (χ1) is 6.31. The van der Waals surface area contributed by atoms with Crippen LogP contribution in [0.1, 0.15) is 33.1 Å². The minimum absolute atomic E-state index is 0.0389. The third-order valence-electron chi connectivity index (χ3n) is 1.76. The van der Waals surface area contributed by atoms with Crippen molar-refractivity contribution < 1.29 is 13.2 Å². The largest absolute Gasteiger partial charge is 0.441 e. The van der Waals surface area contributed by atoms with Crippen molar-refractivity contribution in [3.63, 3.8) is 0 Å². The van der Waals surface area contributed by atoms with E-state index < -0.39 is 5.51 Å². The molecule has 0 fully saturated rings. The van der Waals surface area contributed by atoms with Gasteiger partial charge in [0.15, 0.2) is 0 Å². The molecule has 14 heavy (non-hydrogen) atoms. The van der Waals surface area contributed by atoms with Crippen LogP contribution < -0.4 is 5.73 Å². The highest BCUT2D eigenvalue weighted by Gasteiger charge is 2.27. The van der Waals surface area contributed by atoms with E-state index in [2.05, 4.69) is 13.8 Å². The number of halogens is 3. The Labute approximate surface area is 87.6 Å². The molecule has 0 saturated carbocycles. The van der Waals surface area contributed by atoms with Crippen LogP contribution in [0, 0.1) is 5.92 Å². The van der Waals surface area contributed by atoms with Crippen molar-refractivity contribution in [1.29, 1.82) is 0 Å². The molecule has 2 N–H and O–H groups in total. The van der Waals surface area contributed by atoms with Crippen molar-refractivity contribution >= 4 is 11.8 Å². The Bertz CT molecular complexity index is 147. The number of alkyl halides is 3. The molecule has 0 aliphatic heterocycles. The molecule has 0 spiro atoms. The van der Waals surface area contributed by atoms with Gasteiger partial charge in [0.2, 0.25) is 0 Å². The van der Waals surface area contributed by atoms with E-state index in [4.69, 9.17) is 5.73 Å². The maximum absolute atomic E-state index is 11.7. The van der Waals surface area contributed by atoms with Crippen molar-refractivity contribution in [2.24, 2.45) is 11.7 Å². The van der Waals surface area contributed by atoms with Gasteiger partial charge >= 0.3 is 5.51 Å². The first-order valence-corrected chi connectivity index (χ1v) is 5.76. The van der Waals surface area contributed by atoms with E-state index in [0.717, 1.165) is 6.42 Å². The zero-order valence-corrected chi connectivity index (χ0v) is 9.42. The summed E-state index contributed by atoms with van der Waals surface area (Å²) in [6.07, 6.45) is 2.11. The Morgan fingerprint density at radius 2 is 1.86 bits per heavy atom. The fraction of sp³-hybridized carbons (Fsp3) is 1.00. The van der Waals surface area contributed by atoms with Crippen LogP contribution >= 0.6 is 11.8 Å². The molecule has 1 unspecified atom stereocenters. The molecule has 0 aromatic rings. The van der Waals surface area contributed by atoms with Crippen molar-refractivity contribution in [1.82, 2.24) is 0 Å².